The van der Waals surface area contributed by atoms with Gasteiger partial charge in [0.25, 0.3) is 0 Å². The average Bonchev–Trinajstić information content (AvgIpc) is 2.17. The number of hydrogen-bond donors (Lipinski definition) is 0. The zero-order valence-corrected chi connectivity index (χ0v) is 8.97. The van der Waals surface area contributed by atoms with Gasteiger partial charge in [0.2, 0.25) is 0 Å². The highest BCUT2D eigenvalue weighted by atomic mass is 15.4. The highest BCUT2D eigenvalue weighted by molar-refractivity contribution is 4.64. The lowest BCUT2D eigenvalue weighted by molar-refractivity contribution is -0.953. The molecule has 0 amide bonds. The molecule has 12 heavy (non-hydrogen) atoms. The zero-order chi connectivity index (χ0) is 9.03. The van der Waals surface area contributed by atoms with Crippen molar-refractivity contribution in [3.8, 4) is 0 Å². The molecule has 0 bridgehead atoms. The average molecular weight is 170 g/mol. The van der Waals surface area contributed by atoms with Gasteiger partial charge in [-0.1, -0.05) is 6.92 Å². The molecule has 1 nitrogen and oxygen atoms in total. The molecule has 1 heterocycles. The smallest absolute Gasteiger partial charge is 0.0887 e. The van der Waals surface area contributed by atoms with Crippen LogP contribution in [0.5, 0.6) is 0 Å². The van der Waals surface area contributed by atoms with E-state index in [1.165, 1.54) is 49.8 Å². The summed E-state index contributed by atoms with van der Waals surface area (Å²) in [6.07, 6.45) is 5.77. The quantitative estimate of drug-likeness (QED) is 0.571. The molecule has 1 unspecified atom stereocenters. The van der Waals surface area contributed by atoms with Gasteiger partial charge in [-0.2, -0.15) is 0 Å². The Morgan fingerprint density at radius 2 is 1.75 bits per heavy atom. The maximum absolute atomic E-state index is 2.36. The Hall–Kier alpha value is -0.0400. The van der Waals surface area contributed by atoms with Crippen molar-refractivity contribution in [2.45, 2.75) is 52.5 Å². The van der Waals surface area contributed by atoms with Crippen LogP contribution in [0.3, 0.4) is 0 Å². The first-order valence-corrected chi connectivity index (χ1v) is 5.64. The lowest BCUT2D eigenvalue weighted by Gasteiger charge is -2.46. The Labute approximate surface area is 77.4 Å². The van der Waals surface area contributed by atoms with Crippen LogP contribution in [0.15, 0.2) is 0 Å². The molecule has 1 rings (SSSR count). The van der Waals surface area contributed by atoms with Crippen LogP contribution in [0.4, 0.5) is 0 Å². The van der Waals surface area contributed by atoms with Crippen LogP contribution < -0.4 is 0 Å². The highest BCUT2D eigenvalue weighted by Gasteiger charge is 2.34. The van der Waals surface area contributed by atoms with Crippen LogP contribution in [0.25, 0.3) is 0 Å². The minimum absolute atomic E-state index is 0.966. The highest BCUT2D eigenvalue weighted by Crippen LogP contribution is 2.27. The van der Waals surface area contributed by atoms with Crippen LogP contribution >= 0.6 is 0 Å². The van der Waals surface area contributed by atoms with E-state index >= 15 is 0 Å². The second-order valence-electron chi connectivity index (χ2n) is 4.13. The number of rotatable bonds is 3. The van der Waals surface area contributed by atoms with E-state index in [1.54, 1.807) is 0 Å². The predicted octanol–water partition coefficient (Wildman–Crippen LogP) is 2.81. The van der Waals surface area contributed by atoms with E-state index < -0.39 is 0 Å². The molecule has 1 fully saturated rings. The SMILES string of the molecule is CCC1CCCC[N+]1(CC)CC. The van der Waals surface area contributed by atoms with E-state index in [2.05, 4.69) is 20.8 Å². The van der Waals surface area contributed by atoms with Crippen LogP contribution in [0.2, 0.25) is 0 Å². The molecule has 1 saturated heterocycles. The van der Waals surface area contributed by atoms with E-state index in [0.717, 1.165) is 6.04 Å². The maximum atomic E-state index is 2.36. The Bertz CT molecular complexity index is 127. The standard InChI is InChI=1S/C11H24N/c1-4-11-9-7-8-10-12(11,5-2)6-3/h11H,4-10H2,1-3H3/q+1. The van der Waals surface area contributed by atoms with Crippen molar-refractivity contribution in [2.75, 3.05) is 19.6 Å². The molecule has 0 aliphatic carbocycles. The summed E-state index contributed by atoms with van der Waals surface area (Å²) in [5.41, 5.74) is 0. The number of quaternary nitrogens is 1. The third-order valence-corrected chi connectivity index (χ3v) is 3.90. The van der Waals surface area contributed by atoms with Crippen LogP contribution in [0, 0.1) is 0 Å². The second kappa shape index (κ2) is 4.27. The lowest BCUT2D eigenvalue weighted by Crippen LogP contribution is -2.57. The van der Waals surface area contributed by atoms with Crippen molar-refractivity contribution in [1.29, 1.82) is 0 Å². The van der Waals surface area contributed by atoms with Crippen molar-refractivity contribution < 1.29 is 4.48 Å². The second-order valence-corrected chi connectivity index (χ2v) is 4.13. The molecule has 1 aliphatic rings. The summed E-state index contributed by atoms with van der Waals surface area (Å²) in [4.78, 5) is 0. The van der Waals surface area contributed by atoms with Gasteiger partial charge in [-0.05, 0) is 39.5 Å². The minimum Gasteiger partial charge on any atom is -0.322 e. The number of piperidine rings is 1. The summed E-state index contributed by atoms with van der Waals surface area (Å²) in [5, 5.41) is 0. The fraction of sp³-hybridized carbons (Fsp3) is 1.00. The van der Waals surface area contributed by atoms with Gasteiger partial charge in [-0.15, -0.1) is 0 Å². The Kier molecular flexibility index (Phi) is 3.57. The summed E-state index contributed by atoms with van der Waals surface area (Å²) in [6, 6.07) is 0.966. The largest absolute Gasteiger partial charge is 0.322 e. The van der Waals surface area contributed by atoms with E-state index in [1.807, 2.05) is 0 Å². The first-order chi connectivity index (χ1) is 5.79. The molecule has 0 aromatic heterocycles. The van der Waals surface area contributed by atoms with E-state index in [4.69, 9.17) is 0 Å². The van der Waals surface area contributed by atoms with Gasteiger partial charge in [0.05, 0.1) is 25.7 Å². The van der Waals surface area contributed by atoms with Gasteiger partial charge >= 0.3 is 0 Å². The Balaban J connectivity index is 2.66. The first-order valence-electron chi connectivity index (χ1n) is 5.64. The van der Waals surface area contributed by atoms with Crippen molar-refractivity contribution >= 4 is 0 Å². The van der Waals surface area contributed by atoms with E-state index in [-0.39, 0.29) is 0 Å². The van der Waals surface area contributed by atoms with Crippen molar-refractivity contribution in [1.82, 2.24) is 0 Å². The summed E-state index contributed by atoms with van der Waals surface area (Å²) in [5.74, 6) is 0. The summed E-state index contributed by atoms with van der Waals surface area (Å²) >= 11 is 0. The third kappa shape index (κ3) is 1.66. The normalized spacial score (nSPS) is 28.8. The molecule has 0 saturated carbocycles. The molecule has 1 aliphatic heterocycles. The van der Waals surface area contributed by atoms with Crippen LogP contribution in [-0.2, 0) is 0 Å². The van der Waals surface area contributed by atoms with Gasteiger partial charge in [-0.3, -0.25) is 0 Å². The molecule has 72 valence electrons. The molecule has 0 aromatic rings. The lowest BCUT2D eigenvalue weighted by atomic mass is 9.96. The van der Waals surface area contributed by atoms with Gasteiger partial charge < -0.3 is 4.48 Å². The predicted molar refractivity (Wildman–Crippen MR) is 54.1 cm³/mol. The van der Waals surface area contributed by atoms with E-state index in [0.29, 0.717) is 0 Å². The molecule has 1 atom stereocenters. The molecule has 0 spiro atoms. The monoisotopic (exact) mass is 170 g/mol. The fourth-order valence-electron chi connectivity index (χ4n) is 2.91. The Morgan fingerprint density at radius 3 is 2.17 bits per heavy atom. The summed E-state index contributed by atoms with van der Waals surface area (Å²) in [7, 11) is 0. The molecule has 0 radical (unpaired) electrons. The van der Waals surface area contributed by atoms with Crippen molar-refractivity contribution in [3.05, 3.63) is 0 Å². The van der Waals surface area contributed by atoms with Crippen molar-refractivity contribution in [3.63, 3.8) is 0 Å². The van der Waals surface area contributed by atoms with Crippen LogP contribution in [0.1, 0.15) is 46.5 Å². The molecular weight excluding hydrogens is 146 g/mol. The Morgan fingerprint density at radius 1 is 1.08 bits per heavy atom. The molecule has 0 aromatic carbocycles. The molecule has 1 heteroatoms. The summed E-state index contributed by atoms with van der Waals surface area (Å²) < 4.78 is 1.40. The number of hydrogen-bond acceptors (Lipinski definition) is 0. The van der Waals surface area contributed by atoms with E-state index in [9.17, 15) is 0 Å². The fourth-order valence-corrected chi connectivity index (χ4v) is 2.91. The van der Waals surface area contributed by atoms with Gasteiger partial charge in [-0.25, -0.2) is 0 Å². The number of likely N-dealkylation sites (tertiary alicyclic amines) is 1. The van der Waals surface area contributed by atoms with Gasteiger partial charge in [0.1, 0.15) is 0 Å². The topological polar surface area (TPSA) is 0 Å². The first kappa shape index (κ1) is 10.0. The maximum Gasteiger partial charge on any atom is 0.0887 e. The summed E-state index contributed by atoms with van der Waals surface area (Å²) in [6.45, 7) is 11.2. The number of nitrogens with zero attached hydrogens (tertiary/aromatic N) is 1. The minimum atomic E-state index is 0.966. The van der Waals surface area contributed by atoms with Gasteiger partial charge in [0, 0.05) is 0 Å². The third-order valence-electron chi connectivity index (χ3n) is 3.90. The molecular formula is C11H24N+. The van der Waals surface area contributed by atoms with Crippen LogP contribution in [-0.4, -0.2) is 30.2 Å². The van der Waals surface area contributed by atoms with Crippen molar-refractivity contribution in [2.24, 2.45) is 0 Å². The molecule has 0 N–H and O–H groups in total. The zero-order valence-electron chi connectivity index (χ0n) is 8.97. The van der Waals surface area contributed by atoms with Gasteiger partial charge in [0.15, 0.2) is 0 Å².